The van der Waals surface area contributed by atoms with Gasteiger partial charge in [-0.15, -0.1) is 0 Å². The Bertz CT molecular complexity index is 610. The van der Waals surface area contributed by atoms with E-state index in [0.29, 0.717) is 18.9 Å². The van der Waals surface area contributed by atoms with Crippen molar-refractivity contribution in [2.24, 2.45) is 5.92 Å². The second-order valence-corrected chi connectivity index (χ2v) is 8.61. The Morgan fingerprint density at radius 1 is 0.800 bits per heavy atom. The highest BCUT2D eigenvalue weighted by atomic mass is 19.2. The molecule has 0 aliphatic heterocycles. The molecule has 0 saturated heterocycles. The van der Waals surface area contributed by atoms with E-state index in [0.717, 1.165) is 25.3 Å². The first-order chi connectivity index (χ1) is 14.1. The molecule has 1 aromatic carbocycles. The molecular formula is C24H39F3O3. The lowest BCUT2D eigenvalue weighted by Gasteiger charge is -2.38. The van der Waals surface area contributed by atoms with E-state index in [1.807, 2.05) is 27.7 Å². The van der Waals surface area contributed by atoms with E-state index in [1.54, 1.807) is 0 Å². The zero-order chi connectivity index (χ0) is 22.7. The van der Waals surface area contributed by atoms with Gasteiger partial charge in [0.1, 0.15) is 5.82 Å². The van der Waals surface area contributed by atoms with Gasteiger partial charge in [0, 0.05) is 12.0 Å². The summed E-state index contributed by atoms with van der Waals surface area (Å²) in [6.45, 7) is 9.41. The van der Waals surface area contributed by atoms with Gasteiger partial charge in [-0.1, -0.05) is 45.4 Å². The summed E-state index contributed by atoms with van der Waals surface area (Å²) in [6, 6.07) is 1.45. The molecule has 30 heavy (non-hydrogen) atoms. The summed E-state index contributed by atoms with van der Waals surface area (Å²) >= 11 is 0. The van der Waals surface area contributed by atoms with Gasteiger partial charge in [0.15, 0.2) is 11.6 Å². The molecule has 0 spiro atoms. The Hall–Kier alpha value is -1.11. The van der Waals surface area contributed by atoms with E-state index in [4.69, 9.17) is 9.47 Å². The number of halogens is 3. The molecule has 1 unspecified atom stereocenters. The summed E-state index contributed by atoms with van der Waals surface area (Å²) in [4.78, 5) is 0. The molecule has 6 heteroatoms. The van der Waals surface area contributed by atoms with E-state index in [1.165, 1.54) is 19.3 Å². The molecule has 1 N–H and O–H groups in total. The first-order valence-corrected chi connectivity index (χ1v) is 11.3. The van der Waals surface area contributed by atoms with Crippen LogP contribution in [-0.2, 0) is 15.9 Å². The van der Waals surface area contributed by atoms with Crippen molar-refractivity contribution in [3.8, 4) is 0 Å². The van der Waals surface area contributed by atoms with E-state index < -0.39 is 29.3 Å². The van der Waals surface area contributed by atoms with Crippen LogP contribution < -0.4 is 0 Å². The van der Waals surface area contributed by atoms with Crippen molar-refractivity contribution in [1.82, 2.24) is 0 Å². The third-order valence-corrected chi connectivity index (χ3v) is 5.08. The lowest BCUT2D eigenvalue weighted by atomic mass is 9.91. The number of aliphatic hydroxyl groups is 1. The lowest BCUT2D eigenvalue weighted by Crippen LogP contribution is -2.47. The van der Waals surface area contributed by atoms with Crippen molar-refractivity contribution < 1.29 is 27.8 Å². The first-order valence-electron chi connectivity index (χ1n) is 11.3. The normalized spacial score (nSPS) is 13.4. The van der Waals surface area contributed by atoms with Gasteiger partial charge in [0.25, 0.3) is 5.97 Å². The van der Waals surface area contributed by atoms with Crippen LogP contribution in [-0.4, -0.2) is 23.3 Å². The minimum absolute atomic E-state index is 0.0817. The van der Waals surface area contributed by atoms with Crippen LogP contribution in [0.2, 0.25) is 0 Å². The van der Waals surface area contributed by atoms with Crippen LogP contribution in [0.3, 0.4) is 0 Å². The fourth-order valence-electron chi connectivity index (χ4n) is 3.66. The molecule has 3 nitrogen and oxygen atoms in total. The number of unbranched alkanes of at least 4 members (excludes halogenated alkanes) is 5. The lowest BCUT2D eigenvalue weighted by molar-refractivity contribution is -0.407. The molecule has 0 fully saturated rings. The summed E-state index contributed by atoms with van der Waals surface area (Å²) in [7, 11) is 0. The molecule has 0 saturated carbocycles. The van der Waals surface area contributed by atoms with Gasteiger partial charge in [0.2, 0.25) is 0 Å². The first kappa shape index (κ1) is 26.9. The molecule has 1 rings (SSSR count). The Morgan fingerprint density at radius 3 is 1.90 bits per heavy atom. The third kappa shape index (κ3) is 9.36. The number of aryl methyl sites for hydroxylation is 1. The second-order valence-electron chi connectivity index (χ2n) is 8.61. The monoisotopic (exact) mass is 432 g/mol. The average Bonchev–Trinajstić information content (AvgIpc) is 2.62. The predicted molar refractivity (Wildman–Crippen MR) is 114 cm³/mol. The topological polar surface area (TPSA) is 38.7 Å². The van der Waals surface area contributed by atoms with Crippen LogP contribution in [0.5, 0.6) is 0 Å². The zero-order valence-corrected chi connectivity index (χ0v) is 19.1. The maximum absolute atomic E-state index is 14.1. The van der Waals surface area contributed by atoms with Crippen LogP contribution >= 0.6 is 0 Å². The van der Waals surface area contributed by atoms with Crippen LogP contribution in [0.4, 0.5) is 13.2 Å². The molecule has 0 bridgehead atoms. The molecule has 0 heterocycles. The minimum atomic E-state index is -1.82. The molecule has 0 aromatic heterocycles. The van der Waals surface area contributed by atoms with Crippen molar-refractivity contribution >= 4 is 0 Å². The zero-order valence-electron chi connectivity index (χ0n) is 19.1. The Balaban J connectivity index is 2.93. The van der Waals surface area contributed by atoms with E-state index in [-0.39, 0.29) is 24.2 Å². The van der Waals surface area contributed by atoms with Gasteiger partial charge in [-0.2, -0.15) is 0 Å². The van der Waals surface area contributed by atoms with Gasteiger partial charge < -0.3 is 14.6 Å². The molecule has 1 atom stereocenters. The van der Waals surface area contributed by atoms with Crippen molar-refractivity contribution in [1.29, 1.82) is 0 Å². The molecule has 0 amide bonds. The summed E-state index contributed by atoms with van der Waals surface area (Å²) < 4.78 is 52.4. The average molecular weight is 433 g/mol. The number of rotatable bonds is 15. The van der Waals surface area contributed by atoms with Crippen molar-refractivity contribution in [2.75, 3.05) is 0 Å². The Kier molecular flexibility index (Phi) is 12.0. The van der Waals surface area contributed by atoms with Crippen LogP contribution in [0.1, 0.15) is 91.5 Å². The molecule has 0 radical (unpaired) electrons. The standard InChI is InChI=1S/C24H39F3O3/c1-6-7-8-9-10-11-12-20(24(28,29-17(2)3)30-18(4)5)14-13-19-15-22(26)23(27)16-21(19)25/h15-18,20,28H,6-14H2,1-5H3. The summed E-state index contributed by atoms with van der Waals surface area (Å²) in [5.41, 5.74) is 0.0817. The number of benzene rings is 1. The van der Waals surface area contributed by atoms with Gasteiger partial charge in [-0.05, 0) is 58.6 Å². The highest BCUT2D eigenvalue weighted by Gasteiger charge is 2.40. The van der Waals surface area contributed by atoms with Crippen LogP contribution in [0.25, 0.3) is 0 Å². The van der Waals surface area contributed by atoms with E-state index in [9.17, 15) is 18.3 Å². The number of ether oxygens (including phenoxy) is 2. The Labute approximate surface area is 180 Å². The third-order valence-electron chi connectivity index (χ3n) is 5.08. The molecule has 0 aliphatic carbocycles. The highest BCUT2D eigenvalue weighted by molar-refractivity contribution is 5.20. The molecule has 1 aromatic rings. The largest absolute Gasteiger partial charge is 0.343 e. The van der Waals surface area contributed by atoms with Crippen molar-refractivity contribution in [3.63, 3.8) is 0 Å². The number of hydrogen-bond acceptors (Lipinski definition) is 3. The maximum Gasteiger partial charge on any atom is 0.283 e. The number of hydrogen-bond donors (Lipinski definition) is 1. The van der Waals surface area contributed by atoms with Crippen molar-refractivity contribution in [2.45, 2.75) is 111 Å². The SMILES string of the molecule is CCCCCCCCC(CCc1cc(F)c(F)cc1F)C(O)(OC(C)C)OC(C)C. The highest BCUT2D eigenvalue weighted by Crippen LogP contribution is 2.33. The minimum Gasteiger partial charge on any atom is -0.343 e. The van der Waals surface area contributed by atoms with Crippen LogP contribution in [0.15, 0.2) is 12.1 Å². The molecule has 174 valence electrons. The van der Waals surface area contributed by atoms with Gasteiger partial charge >= 0.3 is 0 Å². The maximum atomic E-state index is 14.1. The van der Waals surface area contributed by atoms with Gasteiger partial charge in [-0.3, -0.25) is 0 Å². The summed E-state index contributed by atoms with van der Waals surface area (Å²) in [6.07, 6.45) is 7.12. The smallest absolute Gasteiger partial charge is 0.283 e. The van der Waals surface area contributed by atoms with E-state index >= 15 is 0 Å². The van der Waals surface area contributed by atoms with E-state index in [2.05, 4.69) is 6.92 Å². The van der Waals surface area contributed by atoms with Gasteiger partial charge in [-0.25, -0.2) is 13.2 Å². The quantitative estimate of drug-likeness (QED) is 0.186. The van der Waals surface area contributed by atoms with Gasteiger partial charge in [0.05, 0.1) is 12.2 Å². The molecular weight excluding hydrogens is 393 g/mol. The fraction of sp³-hybridized carbons (Fsp3) is 0.750. The summed E-state index contributed by atoms with van der Waals surface area (Å²) in [5, 5.41) is 11.2. The summed E-state index contributed by atoms with van der Waals surface area (Å²) in [5.74, 6) is -5.32. The second kappa shape index (κ2) is 13.3. The van der Waals surface area contributed by atoms with Crippen LogP contribution in [0, 0.1) is 23.4 Å². The Morgan fingerprint density at radius 2 is 1.33 bits per heavy atom. The molecule has 0 aliphatic rings. The van der Waals surface area contributed by atoms with Crippen molar-refractivity contribution in [3.05, 3.63) is 35.1 Å². The predicted octanol–water partition coefficient (Wildman–Crippen LogP) is 6.90. The fourth-order valence-corrected chi connectivity index (χ4v) is 3.66.